The second kappa shape index (κ2) is 10.8. The Hall–Kier alpha value is -3.13. The van der Waals surface area contributed by atoms with Gasteiger partial charge in [-0.05, 0) is 31.0 Å². The summed E-state index contributed by atoms with van der Waals surface area (Å²) in [5.74, 6) is -1.20. The van der Waals surface area contributed by atoms with Gasteiger partial charge in [0.05, 0.1) is 13.0 Å². The lowest BCUT2D eigenvalue weighted by Crippen LogP contribution is -2.50. The van der Waals surface area contributed by atoms with Crippen molar-refractivity contribution in [2.24, 2.45) is 0 Å². The standard InChI is InChI=1S/C23H29N3O5/c1-3-4-12-30-23-19(14-20(27)31-23)26-21(28)15(2)24-22(29)18-11-10-17(25-18)13-16-8-6-5-7-9-16/h5-11,15,19,23,25H,3-4,12-14H2,1-2H3,(H,24,29)(H,26,28)/t15-,19-,23?/m0/s1. The van der Waals surface area contributed by atoms with Crippen LogP contribution in [-0.2, 0) is 25.5 Å². The highest BCUT2D eigenvalue weighted by Crippen LogP contribution is 2.17. The molecule has 1 aliphatic rings. The summed E-state index contributed by atoms with van der Waals surface area (Å²) >= 11 is 0. The number of esters is 1. The molecule has 0 aliphatic carbocycles. The number of ether oxygens (including phenoxy) is 2. The Morgan fingerprint density at radius 2 is 2.00 bits per heavy atom. The van der Waals surface area contributed by atoms with Crippen molar-refractivity contribution in [1.82, 2.24) is 15.6 Å². The summed E-state index contributed by atoms with van der Waals surface area (Å²) in [6.07, 6.45) is 1.72. The molecule has 3 N–H and O–H groups in total. The van der Waals surface area contributed by atoms with Crippen LogP contribution in [0.2, 0.25) is 0 Å². The van der Waals surface area contributed by atoms with E-state index in [1.165, 1.54) is 0 Å². The molecule has 31 heavy (non-hydrogen) atoms. The van der Waals surface area contributed by atoms with E-state index in [0.29, 0.717) is 18.7 Å². The first kappa shape index (κ1) is 22.6. The summed E-state index contributed by atoms with van der Waals surface area (Å²) in [5, 5.41) is 5.42. The van der Waals surface area contributed by atoms with Gasteiger partial charge < -0.3 is 25.1 Å². The maximum absolute atomic E-state index is 12.5. The fraction of sp³-hybridized carbons (Fsp3) is 0.435. The SMILES string of the molecule is CCCCOC1OC(=O)C[C@@H]1NC(=O)[C@H](C)NC(=O)c1ccc(Cc2ccccc2)[nH]1. The minimum atomic E-state index is -0.796. The van der Waals surface area contributed by atoms with Crippen molar-refractivity contribution in [1.29, 1.82) is 0 Å². The quantitative estimate of drug-likeness (QED) is 0.398. The number of aromatic amines is 1. The van der Waals surface area contributed by atoms with Gasteiger partial charge in [-0.1, -0.05) is 43.7 Å². The third-order valence-corrected chi connectivity index (χ3v) is 5.04. The van der Waals surface area contributed by atoms with Crippen LogP contribution >= 0.6 is 0 Å². The fourth-order valence-electron chi connectivity index (χ4n) is 3.29. The molecule has 2 heterocycles. The molecule has 1 saturated heterocycles. The molecule has 3 atom stereocenters. The summed E-state index contributed by atoms with van der Waals surface area (Å²) in [6, 6.07) is 12.1. The third-order valence-electron chi connectivity index (χ3n) is 5.04. The lowest BCUT2D eigenvalue weighted by atomic mass is 10.1. The predicted octanol–water partition coefficient (Wildman–Crippen LogP) is 2.30. The number of hydrogen-bond acceptors (Lipinski definition) is 5. The van der Waals surface area contributed by atoms with Gasteiger partial charge in [-0.15, -0.1) is 0 Å². The van der Waals surface area contributed by atoms with Crippen LogP contribution in [0.1, 0.15) is 54.9 Å². The van der Waals surface area contributed by atoms with E-state index < -0.39 is 30.3 Å². The van der Waals surface area contributed by atoms with Crippen LogP contribution < -0.4 is 10.6 Å². The monoisotopic (exact) mass is 427 g/mol. The Bertz CT molecular complexity index is 896. The fourth-order valence-corrected chi connectivity index (χ4v) is 3.29. The number of H-pyrrole nitrogens is 1. The van der Waals surface area contributed by atoms with Crippen LogP contribution in [0.5, 0.6) is 0 Å². The van der Waals surface area contributed by atoms with Gasteiger partial charge in [0.2, 0.25) is 12.2 Å². The minimum absolute atomic E-state index is 0.0443. The highest BCUT2D eigenvalue weighted by molar-refractivity contribution is 5.96. The number of carbonyl (C=O) groups excluding carboxylic acids is 3. The van der Waals surface area contributed by atoms with Crippen LogP contribution in [0.4, 0.5) is 0 Å². The summed E-state index contributed by atoms with van der Waals surface area (Å²) in [5.41, 5.74) is 2.42. The zero-order valence-electron chi connectivity index (χ0n) is 17.9. The molecule has 2 aromatic rings. The Morgan fingerprint density at radius 3 is 2.74 bits per heavy atom. The first-order valence-electron chi connectivity index (χ1n) is 10.6. The summed E-state index contributed by atoms with van der Waals surface area (Å²) in [4.78, 5) is 39.8. The minimum Gasteiger partial charge on any atom is -0.433 e. The first-order chi connectivity index (χ1) is 15.0. The van der Waals surface area contributed by atoms with Crippen molar-refractivity contribution in [3.8, 4) is 0 Å². The summed E-state index contributed by atoms with van der Waals surface area (Å²) < 4.78 is 10.7. The Balaban J connectivity index is 1.51. The number of nitrogens with one attached hydrogen (secondary N) is 3. The van der Waals surface area contributed by atoms with E-state index >= 15 is 0 Å². The first-order valence-corrected chi connectivity index (χ1v) is 10.6. The van der Waals surface area contributed by atoms with E-state index in [1.54, 1.807) is 13.0 Å². The Labute approximate surface area is 181 Å². The Kier molecular flexibility index (Phi) is 7.83. The number of carbonyl (C=O) groups is 3. The van der Waals surface area contributed by atoms with E-state index in [9.17, 15) is 14.4 Å². The molecular weight excluding hydrogens is 398 g/mol. The van der Waals surface area contributed by atoms with Gasteiger partial charge in [0.1, 0.15) is 17.8 Å². The predicted molar refractivity (Wildman–Crippen MR) is 114 cm³/mol. The average Bonchev–Trinajstić information content (AvgIpc) is 3.35. The summed E-state index contributed by atoms with van der Waals surface area (Å²) in [7, 11) is 0. The third kappa shape index (κ3) is 6.42. The van der Waals surface area contributed by atoms with Crippen LogP contribution in [0.15, 0.2) is 42.5 Å². The summed E-state index contributed by atoms with van der Waals surface area (Å²) in [6.45, 7) is 4.07. The zero-order chi connectivity index (χ0) is 22.2. The number of hydrogen-bond donors (Lipinski definition) is 3. The molecule has 1 aromatic heterocycles. The van der Waals surface area contributed by atoms with Crippen LogP contribution in [0, 0.1) is 0 Å². The van der Waals surface area contributed by atoms with Crippen molar-refractivity contribution >= 4 is 17.8 Å². The molecule has 1 unspecified atom stereocenters. The van der Waals surface area contributed by atoms with Crippen LogP contribution in [0.3, 0.4) is 0 Å². The van der Waals surface area contributed by atoms with Gasteiger partial charge >= 0.3 is 5.97 Å². The van der Waals surface area contributed by atoms with Gasteiger partial charge in [0.15, 0.2) is 0 Å². The van der Waals surface area contributed by atoms with Crippen LogP contribution in [-0.4, -0.2) is 47.7 Å². The molecule has 8 heteroatoms. The highest BCUT2D eigenvalue weighted by Gasteiger charge is 2.37. The van der Waals surface area contributed by atoms with Crippen molar-refractivity contribution in [2.75, 3.05) is 6.61 Å². The number of benzene rings is 1. The van der Waals surface area contributed by atoms with E-state index in [2.05, 4.69) is 15.6 Å². The lowest BCUT2D eigenvalue weighted by Gasteiger charge is -2.21. The molecule has 0 spiro atoms. The molecule has 3 rings (SSSR count). The molecular formula is C23H29N3O5. The van der Waals surface area contributed by atoms with E-state index in [1.807, 2.05) is 43.3 Å². The van der Waals surface area contributed by atoms with Gasteiger partial charge in [-0.3, -0.25) is 14.4 Å². The maximum atomic E-state index is 12.5. The van der Waals surface area contributed by atoms with E-state index in [-0.39, 0.29) is 12.3 Å². The van der Waals surface area contributed by atoms with E-state index in [4.69, 9.17) is 9.47 Å². The zero-order valence-corrected chi connectivity index (χ0v) is 17.9. The number of rotatable bonds is 10. The molecule has 1 aliphatic heterocycles. The van der Waals surface area contributed by atoms with Gasteiger partial charge in [0.25, 0.3) is 5.91 Å². The van der Waals surface area contributed by atoms with Crippen molar-refractivity contribution in [2.45, 2.75) is 57.9 Å². The maximum Gasteiger partial charge on any atom is 0.310 e. The molecule has 1 fully saturated rings. The number of cyclic esters (lactones) is 1. The molecule has 0 radical (unpaired) electrons. The molecule has 0 bridgehead atoms. The average molecular weight is 428 g/mol. The van der Waals surface area contributed by atoms with Gasteiger partial charge in [0, 0.05) is 12.1 Å². The molecule has 166 valence electrons. The van der Waals surface area contributed by atoms with Gasteiger partial charge in [-0.25, -0.2) is 0 Å². The Morgan fingerprint density at radius 1 is 1.23 bits per heavy atom. The highest BCUT2D eigenvalue weighted by atomic mass is 16.7. The number of unbranched alkanes of at least 4 members (excludes halogenated alkanes) is 1. The van der Waals surface area contributed by atoms with Crippen molar-refractivity contribution in [3.63, 3.8) is 0 Å². The van der Waals surface area contributed by atoms with Gasteiger partial charge in [-0.2, -0.15) is 0 Å². The van der Waals surface area contributed by atoms with Crippen molar-refractivity contribution in [3.05, 3.63) is 59.4 Å². The second-order valence-electron chi connectivity index (χ2n) is 7.66. The number of aromatic nitrogens is 1. The second-order valence-corrected chi connectivity index (χ2v) is 7.66. The van der Waals surface area contributed by atoms with Crippen LogP contribution in [0.25, 0.3) is 0 Å². The smallest absolute Gasteiger partial charge is 0.310 e. The largest absolute Gasteiger partial charge is 0.433 e. The van der Waals surface area contributed by atoms with E-state index in [0.717, 1.165) is 24.1 Å². The molecule has 8 nitrogen and oxygen atoms in total. The molecule has 2 amide bonds. The van der Waals surface area contributed by atoms with Crippen molar-refractivity contribution < 1.29 is 23.9 Å². The molecule has 0 saturated carbocycles. The number of amides is 2. The lowest BCUT2D eigenvalue weighted by molar-refractivity contribution is -0.165. The molecule has 1 aromatic carbocycles. The topological polar surface area (TPSA) is 110 Å². The normalized spacial score (nSPS) is 19.0.